The van der Waals surface area contributed by atoms with E-state index < -0.39 is 11.1 Å². The Morgan fingerprint density at radius 3 is 2.51 bits per heavy atom. The van der Waals surface area contributed by atoms with E-state index in [0.717, 1.165) is 64.8 Å². The Labute approximate surface area is 251 Å². The second kappa shape index (κ2) is 9.82. The fraction of sp³-hybridized carbons (Fsp3) is 0.412. The van der Waals surface area contributed by atoms with Crippen molar-refractivity contribution in [1.82, 2.24) is 25.0 Å². The number of pyridine rings is 1. The van der Waals surface area contributed by atoms with Crippen LogP contribution in [0.15, 0.2) is 60.9 Å². The average molecular weight is 579 g/mol. The van der Waals surface area contributed by atoms with Crippen LogP contribution in [-0.2, 0) is 17.3 Å². The van der Waals surface area contributed by atoms with Crippen LogP contribution in [0, 0.1) is 6.92 Å². The Morgan fingerprint density at radius 1 is 1.05 bits per heavy atom. The molecule has 2 atom stereocenters. The van der Waals surface area contributed by atoms with Gasteiger partial charge in [-0.05, 0) is 82.3 Å². The van der Waals surface area contributed by atoms with Gasteiger partial charge in [0.25, 0.3) is 5.91 Å². The van der Waals surface area contributed by atoms with Gasteiger partial charge in [0.1, 0.15) is 5.60 Å². The predicted octanol–water partition coefficient (Wildman–Crippen LogP) is 5.56. The van der Waals surface area contributed by atoms with Crippen LogP contribution >= 0.6 is 0 Å². The molecule has 2 aromatic carbocycles. The standard InChI is InChI=1S/C34H38N6O3/c1-21-10-11-23(39-19-25-14-24(39)20-40(25)32(42)43-33(2,3)4)15-27(21)31(41)37-34(12-13-34)28-16-30(22-17-35-38(5)18-22)36-29-9-7-6-8-26(28)29/h6-11,15-18,24-25H,12-14,19-20H2,1-5H3,(H,37,41). The third kappa shape index (κ3) is 5.00. The molecule has 1 aliphatic carbocycles. The van der Waals surface area contributed by atoms with Crippen LogP contribution in [0.5, 0.6) is 0 Å². The van der Waals surface area contributed by atoms with Crippen molar-refractivity contribution in [2.75, 3.05) is 18.0 Å². The van der Waals surface area contributed by atoms with Crippen molar-refractivity contribution in [2.24, 2.45) is 7.05 Å². The fourth-order valence-electron chi connectivity index (χ4n) is 6.70. The molecular formula is C34H38N6O3. The summed E-state index contributed by atoms with van der Waals surface area (Å²) in [5, 5.41) is 8.83. The summed E-state index contributed by atoms with van der Waals surface area (Å²) in [4.78, 5) is 35.8. The van der Waals surface area contributed by atoms with Gasteiger partial charge < -0.3 is 19.9 Å². The maximum absolute atomic E-state index is 14.0. The van der Waals surface area contributed by atoms with Gasteiger partial charge in [0.05, 0.1) is 29.0 Å². The van der Waals surface area contributed by atoms with Gasteiger partial charge in [0, 0.05) is 54.6 Å². The summed E-state index contributed by atoms with van der Waals surface area (Å²) < 4.78 is 7.41. The highest BCUT2D eigenvalue weighted by atomic mass is 16.6. The fourth-order valence-corrected chi connectivity index (χ4v) is 6.70. The summed E-state index contributed by atoms with van der Waals surface area (Å²) in [5.74, 6) is -0.0691. The van der Waals surface area contributed by atoms with E-state index in [1.807, 2.05) is 82.4 Å². The van der Waals surface area contributed by atoms with E-state index in [-0.39, 0.29) is 24.1 Å². The molecule has 9 heteroatoms. The molecule has 2 saturated heterocycles. The first-order valence-corrected chi connectivity index (χ1v) is 15.1. The van der Waals surface area contributed by atoms with Crippen LogP contribution in [0.25, 0.3) is 22.2 Å². The zero-order chi connectivity index (χ0) is 30.1. The third-order valence-electron chi connectivity index (χ3n) is 9.00. The number of carbonyl (C=O) groups excluding carboxylic acids is 2. The van der Waals surface area contributed by atoms with E-state index in [0.29, 0.717) is 12.1 Å². The lowest BCUT2D eigenvalue weighted by molar-refractivity contribution is 0.0214. The van der Waals surface area contributed by atoms with Gasteiger partial charge in [-0.25, -0.2) is 9.78 Å². The van der Waals surface area contributed by atoms with Gasteiger partial charge in [-0.1, -0.05) is 24.3 Å². The summed E-state index contributed by atoms with van der Waals surface area (Å²) in [6.07, 6.45) is 6.19. The van der Waals surface area contributed by atoms with Gasteiger partial charge in [-0.3, -0.25) is 9.48 Å². The number of amides is 2. The number of nitrogens with zero attached hydrogens (tertiary/aromatic N) is 5. The SMILES string of the molecule is Cc1ccc(N2CC3CC2CN3C(=O)OC(C)(C)C)cc1C(=O)NC1(c2cc(-c3cnn(C)c3)nc3ccccc23)CC1. The summed E-state index contributed by atoms with van der Waals surface area (Å²) in [6, 6.07) is 16.7. The topological polar surface area (TPSA) is 92.6 Å². The van der Waals surface area contributed by atoms with E-state index in [4.69, 9.17) is 9.72 Å². The Hall–Kier alpha value is -4.40. The van der Waals surface area contributed by atoms with Crippen LogP contribution in [0.3, 0.4) is 0 Å². The molecule has 2 aliphatic heterocycles. The van der Waals surface area contributed by atoms with Crippen LogP contribution in [0.2, 0.25) is 0 Å². The van der Waals surface area contributed by atoms with Gasteiger partial charge in [-0.2, -0.15) is 5.10 Å². The smallest absolute Gasteiger partial charge is 0.410 e. The largest absolute Gasteiger partial charge is 0.444 e. The van der Waals surface area contributed by atoms with Gasteiger partial charge >= 0.3 is 6.09 Å². The number of ether oxygens (including phenoxy) is 1. The van der Waals surface area contributed by atoms with Crippen molar-refractivity contribution in [1.29, 1.82) is 0 Å². The second-order valence-electron chi connectivity index (χ2n) is 13.3. The molecule has 1 saturated carbocycles. The number of hydrogen-bond acceptors (Lipinski definition) is 6. The summed E-state index contributed by atoms with van der Waals surface area (Å²) in [7, 11) is 1.90. The minimum absolute atomic E-state index is 0.0691. The summed E-state index contributed by atoms with van der Waals surface area (Å²) in [5.41, 5.74) is 5.48. The number of likely N-dealkylation sites (tertiary alicyclic amines) is 1. The Balaban J connectivity index is 1.14. The van der Waals surface area contributed by atoms with E-state index in [1.165, 1.54) is 0 Å². The first-order chi connectivity index (χ1) is 20.5. The Kier molecular flexibility index (Phi) is 6.27. The minimum atomic E-state index is -0.514. The quantitative estimate of drug-likeness (QED) is 0.333. The van der Waals surface area contributed by atoms with Crippen molar-refractivity contribution in [3.63, 3.8) is 0 Å². The van der Waals surface area contributed by atoms with Gasteiger partial charge in [0.15, 0.2) is 0 Å². The molecule has 9 nitrogen and oxygen atoms in total. The third-order valence-corrected chi connectivity index (χ3v) is 9.00. The molecule has 4 aromatic rings. The van der Waals surface area contributed by atoms with Crippen molar-refractivity contribution in [3.8, 4) is 11.3 Å². The molecule has 2 unspecified atom stereocenters. The van der Waals surface area contributed by atoms with Crippen molar-refractivity contribution >= 4 is 28.6 Å². The number of benzene rings is 2. The number of rotatable bonds is 5. The predicted molar refractivity (Wildman–Crippen MR) is 166 cm³/mol. The Bertz CT molecular complexity index is 1750. The van der Waals surface area contributed by atoms with Crippen LogP contribution < -0.4 is 10.2 Å². The molecule has 4 heterocycles. The summed E-state index contributed by atoms with van der Waals surface area (Å²) >= 11 is 0. The lowest BCUT2D eigenvalue weighted by Crippen LogP contribution is -2.50. The first-order valence-electron chi connectivity index (χ1n) is 15.1. The number of hydrogen-bond donors (Lipinski definition) is 1. The number of carbonyl (C=O) groups is 2. The number of anilines is 1. The molecule has 2 bridgehead atoms. The number of aryl methyl sites for hydroxylation is 2. The lowest BCUT2D eigenvalue weighted by atomic mass is 9.96. The van der Waals surface area contributed by atoms with E-state index in [1.54, 1.807) is 4.68 Å². The maximum atomic E-state index is 14.0. The summed E-state index contributed by atoms with van der Waals surface area (Å²) in [6.45, 7) is 9.04. The Morgan fingerprint density at radius 2 is 1.84 bits per heavy atom. The van der Waals surface area contributed by atoms with E-state index >= 15 is 0 Å². The molecule has 43 heavy (non-hydrogen) atoms. The van der Waals surface area contributed by atoms with Gasteiger partial charge in [0.2, 0.25) is 0 Å². The van der Waals surface area contributed by atoms with Crippen molar-refractivity contribution in [3.05, 3.63) is 77.6 Å². The minimum Gasteiger partial charge on any atom is -0.444 e. The highest BCUT2D eigenvalue weighted by molar-refractivity contribution is 5.98. The zero-order valence-corrected chi connectivity index (χ0v) is 25.4. The van der Waals surface area contributed by atoms with Crippen molar-refractivity contribution in [2.45, 2.75) is 70.2 Å². The molecular weight excluding hydrogens is 540 g/mol. The molecule has 3 aliphatic rings. The molecule has 0 radical (unpaired) electrons. The molecule has 1 N–H and O–H groups in total. The van der Waals surface area contributed by atoms with Crippen LogP contribution in [0.1, 0.15) is 61.5 Å². The average Bonchev–Trinajstić information content (AvgIpc) is 3.26. The van der Waals surface area contributed by atoms with Crippen LogP contribution in [-0.4, -0.2) is 62.4 Å². The highest BCUT2D eigenvalue weighted by Gasteiger charge is 2.48. The maximum Gasteiger partial charge on any atom is 0.410 e. The first kappa shape index (κ1) is 27.4. The molecule has 2 amide bonds. The highest BCUT2D eigenvalue weighted by Crippen LogP contribution is 2.49. The molecule has 222 valence electrons. The molecule has 3 fully saturated rings. The molecule has 2 aromatic heterocycles. The monoisotopic (exact) mass is 578 g/mol. The molecule has 0 spiro atoms. The zero-order valence-electron chi connectivity index (χ0n) is 25.4. The number of fused-ring (bicyclic) bond motifs is 3. The van der Waals surface area contributed by atoms with Gasteiger partial charge in [-0.15, -0.1) is 0 Å². The lowest BCUT2D eigenvalue weighted by Gasteiger charge is -2.36. The second-order valence-corrected chi connectivity index (χ2v) is 13.3. The van der Waals surface area contributed by atoms with E-state index in [2.05, 4.69) is 33.5 Å². The number of para-hydroxylation sites is 1. The molecule has 7 rings (SSSR count). The van der Waals surface area contributed by atoms with Crippen LogP contribution in [0.4, 0.5) is 10.5 Å². The number of nitrogens with one attached hydrogen (secondary N) is 1. The number of aromatic nitrogens is 3. The number of piperazine rings is 1. The normalized spacial score (nSPS) is 20.5. The van der Waals surface area contributed by atoms with Crippen molar-refractivity contribution < 1.29 is 14.3 Å². The van der Waals surface area contributed by atoms with E-state index in [9.17, 15) is 9.59 Å².